The molecule has 2 rings (SSSR count). The van der Waals surface area contributed by atoms with Gasteiger partial charge in [0.25, 0.3) is 5.91 Å². The molecule has 1 saturated heterocycles. The van der Waals surface area contributed by atoms with Crippen molar-refractivity contribution < 1.29 is 14.6 Å². The third-order valence-electron chi connectivity index (χ3n) is 4.11. The number of hydrogen-bond acceptors (Lipinski definition) is 3. The van der Waals surface area contributed by atoms with Gasteiger partial charge in [-0.2, -0.15) is 0 Å². The van der Waals surface area contributed by atoms with Crippen molar-refractivity contribution in [2.45, 2.75) is 44.6 Å². The lowest BCUT2D eigenvalue weighted by molar-refractivity contribution is 0.0125. The number of carbonyl (C=O) groups excluding carboxylic acids is 1. The van der Waals surface area contributed by atoms with E-state index >= 15 is 0 Å². The first-order chi connectivity index (χ1) is 9.88. The van der Waals surface area contributed by atoms with Gasteiger partial charge in [-0.1, -0.05) is 39.0 Å². The molecule has 1 aliphatic heterocycles. The van der Waals surface area contributed by atoms with E-state index in [4.69, 9.17) is 4.74 Å². The summed E-state index contributed by atoms with van der Waals surface area (Å²) < 4.78 is 5.33. The van der Waals surface area contributed by atoms with E-state index in [2.05, 4.69) is 26.1 Å². The minimum atomic E-state index is -0.555. The van der Waals surface area contributed by atoms with E-state index < -0.39 is 5.54 Å². The maximum absolute atomic E-state index is 12.7. The summed E-state index contributed by atoms with van der Waals surface area (Å²) in [5.41, 5.74) is 1.04. The minimum Gasteiger partial charge on any atom is -0.394 e. The molecular weight excluding hydrogens is 266 g/mol. The zero-order valence-electron chi connectivity index (χ0n) is 13.1. The van der Waals surface area contributed by atoms with Gasteiger partial charge in [0.2, 0.25) is 0 Å². The third kappa shape index (κ3) is 3.63. The maximum atomic E-state index is 12.7. The molecule has 0 radical (unpaired) electrons. The summed E-state index contributed by atoms with van der Waals surface area (Å²) in [4.78, 5) is 12.7. The summed E-state index contributed by atoms with van der Waals surface area (Å²) in [7, 11) is 0. The molecular formula is C17H25NO3. The van der Waals surface area contributed by atoms with Crippen LogP contribution in [0.5, 0.6) is 0 Å². The van der Waals surface area contributed by atoms with E-state index in [1.807, 2.05) is 24.3 Å². The summed E-state index contributed by atoms with van der Waals surface area (Å²) in [6, 6.07) is 7.66. The highest BCUT2D eigenvalue weighted by atomic mass is 16.5. The first kappa shape index (κ1) is 16.0. The molecule has 1 aromatic rings. The summed E-state index contributed by atoms with van der Waals surface area (Å²) >= 11 is 0. The third-order valence-corrected chi connectivity index (χ3v) is 4.11. The quantitative estimate of drug-likeness (QED) is 0.898. The second kappa shape index (κ2) is 6.16. The van der Waals surface area contributed by atoms with Crippen molar-refractivity contribution in [3.8, 4) is 0 Å². The fourth-order valence-corrected chi connectivity index (χ4v) is 2.73. The van der Waals surface area contributed by atoms with Crippen LogP contribution in [0.4, 0.5) is 0 Å². The Balaban J connectivity index is 2.24. The lowest BCUT2D eigenvalue weighted by Crippen LogP contribution is -2.54. The molecule has 0 atom stereocenters. The van der Waals surface area contributed by atoms with Crippen LogP contribution in [0.2, 0.25) is 0 Å². The van der Waals surface area contributed by atoms with E-state index in [-0.39, 0.29) is 17.9 Å². The zero-order chi connectivity index (χ0) is 15.5. The molecule has 0 aromatic heterocycles. The summed E-state index contributed by atoms with van der Waals surface area (Å²) in [6.45, 7) is 7.36. The Kier molecular flexibility index (Phi) is 4.69. The van der Waals surface area contributed by atoms with Crippen LogP contribution in [-0.2, 0) is 10.2 Å². The van der Waals surface area contributed by atoms with Gasteiger partial charge in [0, 0.05) is 18.8 Å². The summed E-state index contributed by atoms with van der Waals surface area (Å²) in [5.74, 6) is -0.114. The number of hydrogen-bond donors (Lipinski definition) is 2. The van der Waals surface area contributed by atoms with Crippen molar-refractivity contribution in [1.82, 2.24) is 5.32 Å². The number of aliphatic hydroxyl groups excluding tert-OH is 1. The van der Waals surface area contributed by atoms with Crippen LogP contribution < -0.4 is 5.32 Å². The molecule has 1 heterocycles. The van der Waals surface area contributed by atoms with Crippen LogP contribution in [0.25, 0.3) is 0 Å². The van der Waals surface area contributed by atoms with Gasteiger partial charge in [0.15, 0.2) is 0 Å². The summed E-state index contributed by atoms with van der Waals surface area (Å²) in [5, 5.41) is 12.7. The Bertz CT molecular complexity index is 499. The molecule has 1 fully saturated rings. The summed E-state index contributed by atoms with van der Waals surface area (Å²) in [6.07, 6.45) is 1.29. The lowest BCUT2D eigenvalue weighted by Gasteiger charge is -2.36. The molecule has 4 heteroatoms. The van der Waals surface area contributed by atoms with E-state index in [0.717, 1.165) is 5.56 Å². The van der Waals surface area contributed by atoms with E-state index in [1.54, 1.807) is 0 Å². The van der Waals surface area contributed by atoms with Crippen LogP contribution >= 0.6 is 0 Å². The Morgan fingerprint density at radius 3 is 2.48 bits per heavy atom. The number of rotatable bonds is 3. The Morgan fingerprint density at radius 1 is 1.29 bits per heavy atom. The van der Waals surface area contributed by atoms with Crippen LogP contribution in [0.3, 0.4) is 0 Å². The van der Waals surface area contributed by atoms with Crippen molar-refractivity contribution in [2.24, 2.45) is 0 Å². The maximum Gasteiger partial charge on any atom is 0.252 e. The molecule has 0 unspecified atom stereocenters. The second-order valence-corrected chi connectivity index (χ2v) is 6.80. The van der Waals surface area contributed by atoms with E-state index in [9.17, 15) is 9.90 Å². The first-order valence-electron chi connectivity index (χ1n) is 7.49. The van der Waals surface area contributed by atoms with Gasteiger partial charge in [0.05, 0.1) is 12.1 Å². The van der Waals surface area contributed by atoms with Crippen molar-refractivity contribution in [2.75, 3.05) is 19.8 Å². The van der Waals surface area contributed by atoms with Gasteiger partial charge in [-0.3, -0.25) is 4.79 Å². The van der Waals surface area contributed by atoms with Gasteiger partial charge >= 0.3 is 0 Å². The molecule has 1 aromatic carbocycles. The number of amides is 1. The molecule has 0 saturated carbocycles. The van der Waals surface area contributed by atoms with Crippen LogP contribution in [0.1, 0.15) is 49.5 Å². The number of carbonyl (C=O) groups is 1. The highest BCUT2D eigenvalue weighted by molar-refractivity contribution is 5.96. The smallest absolute Gasteiger partial charge is 0.252 e. The monoisotopic (exact) mass is 291 g/mol. The molecule has 0 bridgehead atoms. The van der Waals surface area contributed by atoms with E-state index in [1.165, 1.54) is 0 Å². The van der Waals surface area contributed by atoms with Gasteiger partial charge < -0.3 is 15.2 Å². The zero-order valence-corrected chi connectivity index (χ0v) is 13.1. The molecule has 116 valence electrons. The topological polar surface area (TPSA) is 58.6 Å². The van der Waals surface area contributed by atoms with Crippen molar-refractivity contribution in [3.63, 3.8) is 0 Å². The van der Waals surface area contributed by atoms with Crippen molar-refractivity contribution in [1.29, 1.82) is 0 Å². The Labute approximate surface area is 126 Å². The molecule has 21 heavy (non-hydrogen) atoms. The van der Waals surface area contributed by atoms with Crippen molar-refractivity contribution in [3.05, 3.63) is 35.4 Å². The van der Waals surface area contributed by atoms with Gasteiger partial charge in [-0.15, -0.1) is 0 Å². The van der Waals surface area contributed by atoms with Crippen LogP contribution in [0.15, 0.2) is 24.3 Å². The average Bonchev–Trinajstić information content (AvgIpc) is 2.47. The lowest BCUT2D eigenvalue weighted by atomic mass is 9.83. The number of nitrogens with one attached hydrogen (secondary N) is 1. The first-order valence-corrected chi connectivity index (χ1v) is 7.49. The highest BCUT2D eigenvalue weighted by Gasteiger charge is 2.34. The molecule has 0 spiro atoms. The Hall–Kier alpha value is -1.39. The highest BCUT2D eigenvalue weighted by Crippen LogP contribution is 2.27. The van der Waals surface area contributed by atoms with E-state index in [0.29, 0.717) is 31.6 Å². The normalized spacial score (nSPS) is 18.3. The number of benzene rings is 1. The van der Waals surface area contributed by atoms with Crippen LogP contribution in [0, 0.1) is 0 Å². The number of ether oxygens (including phenoxy) is 1. The molecule has 1 aliphatic rings. The van der Waals surface area contributed by atoms with Crippen molar-refractivity contribution >= 4 is 5.91 Å². The van der Waals surface area contributed by atoms with Gasteiger partial charge in [0.1, 0.15) is 0 Å². The molecule has 1 amide bonds. The van der Waals surface area contributed by atoms with Gasteiger partial charge in [-0.25, -0.2) is 0 Å². The number of aliphatic hydroxyl groups is 1. The predicted octanol–water partition coefficient (Wildman–Crippen LogP) is 2.26. The van der Waals surface area contributed by atoms with Crippen LogP contribution in [-0.4, -0.2) is 36.4 Å². The largest absolute Gasteiger partial charge is 0.394 e. The Morgan fingerprint density at radius 2 is 1.90 bits per heavy atom. The molecule has 2 N–H and O–H groups in total. The standard InChI is InChI=1S/C17H25NO3/c1-16(2,3)14-7-5-4-6-13(14)15(20)18-17(12-19)8-10-21-11-9-17/h4-7,19H,8-12H2,1-3H3,(H,18,20). The molecule has 4 nitrogen and oxygen atoms in total. The fraction of sp³-hybridized carbons (Fsp3) is 0.588. The average molecular weight is 291 g/mol. The SMILES string of the molecule is CC(C)(C)c1ccccc1C(=O)NC1(CO)CCOCC1. The fourth-order valence-electron chi connectivity index (χ4n) is 2.73. The minimum absolute atomic E-state index is 0.0558. The van der Waals surface area contributed by atoms with Gasteiger partial charge in [-0.05, 0) is 29.9 Å². The predicted molar refractivity (Wildman–Crippen MR) is 82.5 cm³/mol. The molecule has 0 aliphatic carbocycles. The second-order valence-electron chi connectivity index (χ2n) is 6.80.